The number of amides is 1. The molecule has 33 heavy (non-hydrogen) atoms. The van der Waals surface area contributed by atoms with Crippen molar-refractivity contribution in [3.63, 3.8) is 0 Å². The quantitative estimate of drug-likeness (QED) is 0.341. The van der Waals surface area contributed by atoms with Crippen LogP contribution in [0.4, 0.5) is 5.13 Å². The second-order valence-electron chi connectivity index (χ2n) is 7.37. The normalized spacial score (nSPS) is 11.5. The van der Waals surface area contributed by atoms with Gasteiger partial charge in [0.2, 0.25) is 5.91 Å². The van der Waals surface area contributed by atoms with Crippen molar-refractivity contribution in [2.45, 2.75) is 13.8 Å². The Morgan fingerprint density at radius 3 is 2.52 bits per heavy atom. The molecule has 4 aromatic rings. The van der Waals surface area contributed by atoms with E-state index in [1.807, 2.05) is 49.6 Å². The number of nitrogens with one attached hydrogen (secondary N) is 1. The summed E-state index contributed by atoms with van der Waals surface area (Å²) >= 11 is 1.39. The summed E-state index contributed by atoms with van der Waals surface area (Å²) in [4.78, 5) is 16.8. The third-order valence-corrected chi connectivity index (χ3v) is 6.09. The summed E-state index contributed by atoms with van der Waals surface area (Å²) in [5, 5.41) is 6.11. The molecular formula is C25H24N2O5S. The van der Waals surface area contributed by atoms with E-state index >= 15 is 0 Å². The van der Waals surface area contributed by atoms with E-state index in [0.717, 1.165) is 33.3 Å². The van der Waals surface area contributed by atoms with Crippen molar-refractivity contribution in [3.05, 3.63) is 59.3 Å². The first-order chi connectivity index (χ1) is 15.9. The fourth-order valence-corrected chi connectivity index (χ4v) is 4.28. The highest BCUT2D eigenvalue weighted by atomic mass is 32.1. The molecule has 0 aliphatic rings. The van der Waals surface area contributed by atoms with Crippen LogP contribution in [0, 0.1) is 6.92 Å². The zero-order valence-corrected chi connectivity index (χ0v) is 19.8. The van der Waals surface area contributed by atoms with Gasteiger partial charge in [0.15, 0.2) is 5.13 Å². The first-order valence-corrected chi connectivity index (χ1v) is 11.0. The molecule has 0 saturated carbocycles. The summed E-state index contributed by atoms with van der Waals surface area (Å²) in [7, 11) is 4.83. The lowest BCUT2D eigenvalue weighted by molar-refractivity contribution is -0.111. The number of aryl methyl sites for hydroxylation is 1. The van der Waals surface area contributed by atoms with E-state index in [4.69, 9.17) is 18.6 Å². The maximum atomic E-state index is 12.6. The van der Waals surface area contributed by atoms with Crippen LogP contribution in [-0.2, 0) is 4.79 Å². The predicted octanol–water partition coefficient (Wildman–Crippen LogP) is 5.93. The lowest BCUT2D eigenvalue weighted by Gasteiger charge is -2.12. The summed E-state index contributed by atoms with van der Waals surface area (Å²) < 4.78 is 22.4. The Bertz CT molecular complexity index is 1350. The maximum Gasteiger partial charge on any atom is 0.250 e. The van der Waals surface area contributed by atoms with E-state index in [1.54, 1.807) is 27.6 Å². The Morgan fingerprint density at radius 2 is 1.85 bits per heavy atom. The highest BCUT2D eigenvalue weighted by molar-refractivity contribution is 7.13. The van der Waals surface area contributed by atoms with Crippen molar-refractivity contribution in [2.24, 2.45) is 0 Å². The summed E-state index contributed by atoms with van der Waals surface area (Å²) in [5.41, 5.74) is 4.73. The van der Waals surface area contributed by atoms with E-state index < -0.39 is 0 Å². The van der Waals surface area contributed by atoms with Gasteiger partial charge in [-0.05, 0) is 43.7 Å². The first kappa shape index (κ1) is 22.4. The fraction of sp³-hybridized carbons (Fsp3) is 0.200. The number of allylic oxidation sites excluding steroid dienone is 1. The SMILES string of the molecule is COc1ccc(OC)c(-c2coc3cc(OC)c(/C(C)=C/C(=O)Nc4nc(C)cs4)cc23)c1. The number of ether oxygens (including phenoxy) is 3. The second kappa shape index (κ2) is 9.38. The van der Waals surface area contributed by atoms with Gasteiger partial charge in [0, 0.05) is 39.6 Å². The number of methoxy groups -OCH3 is 3. The number of rotatable bonds is 7. The molecule has 2 aromatic carbocycles. The van der Waals surface area contributed by atoms with Crippen LogP contribution >= 0.6 is 11.3 Å². The van der Waals surface area contributed by atoms with Crippen molar-refractivity contribution in [2.75, 3.05) is 26.6 Å². The molecule has 0 spiro atoms. The van der Waals surface area contributed by atoms with Crippen molar-refractivity contribution < 1.29 is 23.4 Å². The number of nitrogens with zero attached hydrogens (tertiary/aromatic N) is 1. The van der Waals surface area contributed by atoms with E-state index in [2.05, 4.69) is 10.3 Å². The fourth-order valence-electron chi connectivity index (χ4n) is 3.59. The Kier molecular flexibility index (Phi) is 6.37. The van der Waals surface area contributed by atoms with Crippen LogP contribution in [0.25, 0.3) is 27.7 Å². The summed E-state index contributed by atoms with van der Waals surface area (Å²) in [5.74, 6) is 1.75. The van der Waals surface area contributed by atoms with Crippen LogP contribution in [0.15, 0.2) is 52.5 Å². The monoisotopic (exact) mass is 464 g/mol. The molecule has 0 bridgehead atoms. The van der Waals surface area contributed by atoms with Gasteiger partial charge >= 0.3 is 0 Å². The van der Waals surface area contributed by atoms with Crippen LogP contribution < -0.4 is 19.5 Å². The molecule has 170 valence electrons. The van der Waals surface area contributed by atoms with Crippen molar-refractivity contribution in [1.82, 2.24) is 4.98 Å². The minimum Gasteiger partial charge on any atom is -0.497 e. The zero-order valence-electron chi connectivity index (χ0n) is 19.0. The number of hydrogen-bond donors (Lipinski definition) is 1. The molecule has 7 nitrogen and oxygen atoms in total. The molecule has 0 aliphatic carbocycles. The van der Waals surface area contributed by atoms with Gasteiger partial charge in [-0.1, -0.05) is 0 Å². The number of fused-ring (bicyclic) bond motifs is 1. The molecule has 4 rings (SSSR count). The van der Waals surface area contributed by atoms with Crippen molar-refractivity contribution in [3.8, 4) is 28.4 Å². The van der Waals surface area contributed by atoms with Gasteiger partial charge in [-0.3, -0.25) is 10.1 Å². The van der Waals surface area contributed by atoms with E-state index in [9.17, 15) is 4.79 Å². The van der Waals surface area contributed by atoms with Gasteiger partial charge in [-0.15, -0.1) is 11.3 Å². The van der Waals surface area contributed by atoms with Crippen LogP contribution in [-0.4, -0.2) is 32.2 Å². The van der Waals surface area contributed by atoms with Gasteiger partial charge in [-0.2, -0.15) is 0 Å². The van der Waals surface area contributed by atoms with Crippen LogP contribution in [0.3, 0.4) is 0 Å². The average Bonchev–Trinajstić information content (AvgIpc) is 3.42. The first-order valence-electron chi connectivity index (χ1n) is 10.2. The van der Waals surface area contributed by atoms with E-state index in [0.29, 0.717) is 28.0 Å². The third kappa shape index (κ3) is 4.56. The number of aromatic nitrogens is 1. The standard InChI is InChI=1S/C25H24N2O5S/c1-14(8-24(28)27-25-26-15(2)13-33-25)17-10-19-20(12-32-23(19)11-22(17)31-5)18-9-16(29-3)6-7-21(18)30-4/h6-13H,1-5H3,(H,26,27,28)/b14-8+. The Morgan fingerprint density at radius 1 is 1.06 bits per heavy atom. The topological polar surface area (TPSA) is 82.8 Å². The van der Waals surface area contributed by atoms with Crippen LogP contribution in [0.5, 0.6) is 17.2 Å². The number of benzene rings is 2. The van der Waals surface area contributed by atoms with E-state index in [-0.39, 0.29) is 5.91 Å². The van der Waals surface area contributed by atoms with Gasteiger partial charge in [0.25, 0.3) is 0 Å². The molecule has 8 heteroatoms. The van der Waals surface area contributed by atoms with Gasteiger partial charge in [0.1, 0.15) is 22.8 Å². The molecule has 0 atom stereocenters. The molecule has 2 aromatic heterocycles. The Hall–Kier alpha value is -3.78. The van der Waals surface area contributed by atoms with Crippen LogP contribution in [0.1, 0.15) is 18.2 Å². The number of carbonyl (C=O) groups excluding carboxylic acids is 1. The lowest BCUT2D eigenvalue weighted by atomic mass is 9.98. The molecule has 0 radical (unpaired) electrons. The Labute approximate surface area is 195 Å². The molecule has 1 amide bonds. The molecular weight excluding hydrogens is 440 g/mol. The van der Waals surface area contributed by atoms with E-state index in [1.165, 1.54) is 17.4 Å². The molecule has 0 fully saturated rings. The van der Waals surface area contributed by atoms with Crippen LogP contribution in [0.2, 0.25) is 0 Å². The molecule has 0 aliphatic heterocycles. The predicted molar refractivity (Wildman–Crippen MR) is 130 cm³/mol. The smallest absolute Gasteiger partial charge is 0.250 e. The zero-order chi connectivity index (χ0) is 23.5. The number of anilines is 1. The minimum atomic E-state index is -0.258. The summed E-state index contributed by atoms with van der Waals surface area (Å²) in [6.45, 7) is 3.75. The lowest BCUT2D eigenvalue weighted by Crippen LogP contribution is -2.08. The van der Waals surface area contributed by atoms with Gasteiger partial charge < -0.3 is 18.6 Å². The molecule has 1 N–H and O–H groups in total. The largest absolute Gasteiger partial charge is 0.497 e. The maximum absolute atomic E-state index is 12.6. The number of thiazole rings is 1. The van der Waals surface area contributed by atoms with Gasteiger partial charge in [-0.25, -0.2) is 4.98 Å². The average molecular weight is 465 g/mol. The third-order valence-electron chi connectivity index (χ3n) is 5.21. The van der Waals surface area contributed by atoms with Crippen molar-refractivity contribution >= 4 is 38.9 Å². The summed E-state index contributed by atoms with van der Waals surface area (Å²) in [6, 6.07) is 9.37. The molecule has 0 saturated heterocycles. The Balaban J connectivity index is 1.77. The number of furan rings is 1. The number of carbonyl (C=O) groups is 1. The highest BCUT2D eigenvalue weighted by Gasteiger charge is 2.18. The van der Waals surface area contributed by atoms with Crippen molar-refractivity contribution in [1.29, 1.82) is 0 Å². The molecule has 2 heterocycles. The minimum absolute atomic E-state index is 0.258. The number of hydrogen-bond acceptors (Lipinski definition) is 7. The second-order valence-corrected chi connectivity index (χ2v) is 8.23. The van der Waals surface area contributed by atoms with Gasteiger partial charge in [0.05, 0.1) is 33.3 Å². The molecule has 0 unspecified atom stereocenters. The highest BCUT2D eigenvalue weighted by Crippen LogP contribution is 2.41. The summed E-state index contributed by atoms with van der Waals surface area (Å²) in [6.07, 6.45) is 3.22.